The normalized spacial score (nSPS) is 16.4. The third-order valence-electron chi connectivity index (χ3n) is 3.16. The molecule has 0 heterocycles. The smallest absolute Gasteiger partial charge is 0.220 e. The first-order chi connectivity index (χ1) is 8.50. The van der Waals surface area contributed by atoms with E-state index in [4.69, 9.17) is 0 Å². The average molecular weight is 257 g/mol. The number of amides is 1. The Bertz CT molecular complexity index is 483. The summed E-state index contributed by atoms with van der Waals surface area (Å²) in [6, 6.07) is 2.09. The van der Waals surface area contributed by atoms with E-state index in [1.807, 2.05) is 6.92 Å². The summed E-state index contributed by atoms with van der Waals surface area (Å²) in [7, 11) is 0. The molecule has 1 aliphatic carbocycles. The number of carbonyl (C=O) groups excluding carboxylic acids is 1. The van der Waals surface area contributed by atoms with Gasteiger partial charge >= 0.3 is 0 Å². The molecule has 0 spiro atoms. The minimum absolute atomic E-state index is 0.0332. The van der Waals surface area contributed by atoms with Crippen LogP contribution in [0.25, 0.3) is 0 Å². The number of carbonyl (C=O) groups is 1. The second-order valence-corrected chi connectivity index (χ2v) is 4.60. The van der Waals surface area contributed by atoms with E-state index in [0.29, 0.717) is 25.7 Å². The minimum Gasteiger partial charge on any atom is -0.346 e. The zero-order valence-corrected chi connectivity index (χ0v) is 10.0. The van der Waals surface area contributed by atoms with Gasteiger partial charge < -0.3 is 5.32 Å². The van der Waals surface area contributed by atoms with Crippen molar-refractivity contribution in [3.63, 3.8) is 0 Å². The topological polar surface area (TPSA) is 29.1 Å². The lowest BCUT2D eigenvalue weighted by molar-refractivity contribution is -0.122. The summed E-state index contributed by atoms with van der Waals surface area (Å²) in [5.74, 6) is -4.10. The first-order valence-electron chi connectivity index (χ1n) is 5.95. The fourth-order valence-electron chi connectivity index (χ4n) is 2.04. The van der Waals surface area contributed by atoms with Crippen LogP contribution in [0, 0.1) is 17.5 Å². The van der Waals surface area contributed by atoms with Gasteiger partial charge in [0.1, 0.15) is 0 Å². The Morgan fingerprint density at radius 3 is 2.50 bits per heavy atom. The van der Waals surface area contributed by atoms with Crippen molar-refractivity contribution in [3.8, 4) is 0 Å². The zero-order valence-electron chi connectivity index (χ0n) is 10.0. The quantitative estimate of drug-likeness (QED) is 0.825. The molecule has 0 aromatic heterocycles. The fraction of sp³-hybridized carbons (Fsp3) is 0.462. The van der Waals surface area contributed by atoms with Gasteiger partial charge in [-0.15, -0.1) is 0 Å². The Labute approximate surface area is 103 Å². The molecule has 98 valence electrons. The molecule has 18 heavy (non-hydrogen) atoms. The van der Waals surface area contributed by atoms with E-state index in [2.05, 4.69) is 5.32 Å². The fourth-order valence-corrected chi connectivity index (χ4v) is 2.04. The molecule has 1 aliphatic rings. The Morgan fingerprint density at radius 1 is 1.28 bits per heavy atom. The highest BCUT2D eigenvalue weighted by Gasteiger charge is 2.48. The van der Waals surface area contributed by atoms with Crippen molar-refractivity contribution in [2.75, 3.05) is 0 Å². The van der Waals surface area contributed by atoms with Crippen molar-refractivity contribution in [2.45, 2.75) is 38.1 Å². The lowest BCUT2D eigenvalue weighted by Gasteiger charge is -2.18. The lowest BCUT2D eigenvalue weighted by atomic mass is 10.0. The summed E-state index contributed by atoms with van der Waals surface area (Å²) in [5.41, 5.74) is -0.809. The van der Waals surface area contributed by atoms with Crippen LogP contribution in [0.1, 0.15) is 38.2 Å². The van der Waals surface area contributed by atoms with Crippen molar-refractivity contribution in [2.24, 2.45) is 0 Å². The van der Waals surface area contributed by atoms with Crippen LogP contribution in [0.2, 0.25) is 0 Å². The summed E-state index contributed by atoms with van der Waals surface area (Å²) in [6.45, 7) is 1.86. The van der Waals surface area contributed by atoms with Crippen LogP contribution in [0.3, 0.4) is 0 Å². The molecule has 2 rings (SSSR count). The summed E-state index contributed by atoms with van der Waals surface area (Å²) >= 11 is 0. The molecule has 0 bridgehead atoms. The maximum absolute atomic E-state index is 13.7. The maximum atomic E-state index is 13.7. The van der Waals surface area contributed by atoms with E-state index < -0.39 is 23.0 Å². The molecule has 0 radical (unpaired) electrons. The predicted molar refractivity (Wildman–Crippen MR) is 60.3 cm³/mol. The van der Waals surface area contributed by atoms with Crippen LogP contribution in [0.4, 0.5) is 13.2 Å². The molecule has 1 saturated carbocycles. The van der Waals surface area contributed by atoms with E-state index in [1.54, 1.807) is 0 Å². The Morgan fingerprint density at radius 2 is 1.94 bits per heavy atom. The van der Waals surface area contributed by atoms with E-state index in [1.165, 1.54) is 6.07 Å². The standard InChI is InChI=1S/C13H14F3NO/c1-2-3-10(18)17-13(6-7-13)8-4-5-9(14)12(16)11(8)15/h4-5H,2-3,6-7H2,1H3,(H,17,18). The molecule has 0 saturated heterocycles. The number of hydrogen-bond acceptors (Lipinski definition) is 1. The first-order valence-corrected chi connectivity index (χ1v) is 5.95. The van der Waals surface area contributed by atoms with Crippen LogP contribution in [-0.4, -0.2) is 5.91 Å². The molecule has 0 atom stereocenters. The van der Waals surface area contributed by atoms with E-state index in [0.717, 1.165) is 6.07 Å². The monoisotopic (exact) mass is 257 g/mol. The second-order valence-electron chi connectivity index (χ2n) is 4.60. The summed E-state index contributed by atoms with van der Waals surface area (Å²) in [4.78, 5) is 11.5. The number of rotatable bonds is 4. The van der Waals surface area contributed by atoms with Gasteiger partial charge in [-0.3, -0.25) is 4.79 Å². The molecule has 0 aliphatic heterocycles. The van der Waals surface area contributed by atoms with Gasteiger partial charge in [-0.25, -0.2) is 13.2 Å². The third-order valence-corrected chi connectivity index (χ3v) is 3.16. The lowest BCUT2D eigenvalue weighted by Crippen LogP contribution is -2.35. The molecule has 1 aromatic rings. The van der Waals surface area contributed by atoms with Crippen LogP contribution in [0.15, 0.2) is 12.1 Å². The SMILES string of the molecule is CCCC(=O)NC1(c2ccc(F)c(F)c2F)CC1. The highest BCUT2D eigenvalue weighted by molar-refractivity contribution is 5.77. The zero-order chi connectivity index (χ0) is 13.3. The highest BCUT2D eigenvalue weighted by atomic mass is 19.2. The predicted octanol–water partition coefficient (Wildman–Crippen LogP) is 3.01. The van der Waals surface area contributed by atoms with Crippen LogP contribution >= 0.6 is 0 Å². The van der Waals surface area contributed by atoms with Crippen molar-refractivity contribution in [1.29, 1.82) is 0 Å². The van der Waals surface area contributed by atoms with Gasteiger partial charge in [0.05, 0.1) is 5.54 Å². The Balaban J connectivity index is 2.26. The molecule has 5 heteroatoms. The Hall–Kier alpha value is -1.52. The molecule has 2 nitrogen and oxygen atoms in total. The molecule has 1 fully saturated rings. The van der Waals surface area contributed by atoms with Crippen LogP contribution in [0.5, 0.6) is 0 Å². The van der Waals surface area contributed by atoms with E-state index >= 15 is 0 Å². The molecule has 1 aromatic carbocycles. The summed E-state index contributed by atoms with van der Waals surface area (Å²) in [6.07, 6.45) is 2.12. The van der Waals surface area contributed by atoms with Crippen LogP contribution in [-0.2, 0) is 10.3 Å². The van der Waals surface area contributed by atoms with Crippen molar-refractivity contribution in [1.82, 2.24) is 5.32 Å². The maximum Gasteiger partial charge on any atom is 0.220 e. The van der Waals surface area contributed by atoms with Gasteiger partial charge in [-0.05, 0) is 25.3 Å². The van der Waals surface area contributed by atoms with Gasteiger partial charge in [0.15, 0.2) is 17.5 Å². The Kier molecular flexibility index (Phi) is 3.32. The van der Waals surface area contributed by atoms with Gasteiger partial charge in [0, 0.05) is 12.0 Å². The second kappa shape index (κ2) is 4.63. The first kappa shape index (κ1) is 12.9. The van der Waals surface area contributed by atoms with Crippen molar-refractivity contribution >= 4 is 5.91 Å². The highest BCUT2D eigenvalue weighted by Crippen LogP contribution is 2.47. The number of benzene rings is 1. The van der Waals surface area contributed by atoms with Crippen LogP contribution < -0.4 is 5.32 Å². The molecule has 1 amide bonds. The molecular formula is C13H14F3NO. The van der Waals surface area contributed by atoms with Gasteiger partial charge in [-0.1, -0.05) is 13.0 Å². The average Bonchev–Trinajstić information content (AvgIpc) is 3.07. The number of halogens is 3. The minimum atomic E-state index is -1.48. The van der Waals surface area contributed by atoms with E-state index in [9.17, 15) is 18.0 Å². The molecule has 1 N–H and O–H groups in total. The third kappa shape index (κ3) is 2.21. The molecular weight excluding hydrogens is 243 g/mol. The van der Waals surface area contributed by atoms with Crippen molar-refractivity contribution < 1.29 is 18.0 Å². The van der Waals surface area contributed by atoms with Gasteiger partial charge in [-0.2, -0.15) is 0 Å². The van der Waals surface area contributed by atoms with E-state index in [-0.39, 0.29) is 11.5 Å². The largest absolute Gasteiger partial charge is 0.346 e. The summed E-state index contributed by atoms with van der Waals surface area (Å²) < 4.78 is 39.7. The van der Waals surface area contributed by atoms with Gasteiger partial charge in [0.25, 0.3) is 0 Å². The number of hydrogen-bond donors (Lipinski definition) is 1. The molecule has 0 unspecified atom stereocenters. The summed E-state index contributed by atoms with van der Waals surface area (Å²) in [5, 5.41) is 2.70. The van der Waals surface area contributed by atoms with Gasteiger partial charge in [0.2, 0.25) is 5.91 Å². The van der Waals surface area contributed by atoms with Crippen molar-refractivity contribution in [3.05, 3.63) is 35.1 Å². The number of nitrogens with one attached hydrogen (secondary N) is 1.